The largest absolute Gasteiger partial charge is 0.493 e. The standard InChI is InChI=1S/C12H17F2N3O2.HI/c1-18-9-4-3-8(5-10(9)19-2)6-16-12(15)17-7-11(13)14;/h3-5,11H,6-7H2,1-2H3,(H3,15,16,17);1H. The lowest BCUT2D eigenvalue weighted by Crippen LogP contribution is -2.35. The second-order valence-corrected chi connectivity index (χ2v) is 3.66. The number of nitrogens with one attached hydrogen (secondary N) is 1. The summed E-state index contributed by atoms with van der Waals surface area (Å²) in [6, 6.07) is 5.29. The van der Waals surface area contributed by atoms with E-state index < -0.39 is 13.0 Å². The summed E-state index contributed by atoms with van der Waals surface area (Å²) in [6.45, 7) is -0.246. The summed E-state index contributed by atoms with van der Waals surface area (Å²) < 4.78 is 34.1. The summed E-state index contributed by atoms with van der Waals surface area (Å²) in [5.41, 5.74) is 6.28. The van der Waals surface area contributed by atoms with Crippen LogP contribution in [0.25, 0.3) is 0 Å². The molecule has 0 aliphatic heterocycles. The lowest BCUT2D eigenvalue weighted by atomic mass is 10.2. The average Bonchev–Trinajstić information content (AvgIpc) is 2.42. The number of rotatable bonds is 6. The molecule has 0 fully saturated rings. The van der Waals surface area contributed by atoms with E-state index in [-0.39, 0.29) is 36.5 Å². The van der Waals surface area contributed by atoms with Crippen molar-refractivity contribution in [1.82, 2.24) is 5.32 Å². The van der Waals surface area contributed by atoms with Crippen LogP contribution in [0.1, 0.15) is 5.56 Å². The normalized spacial score (nSPS) is 10.9. The van der Waals surface area contributed by atoms with Crippen LogP contribution in [-0.4, -0.2) is 33.1 Å². The molecule has 0 amide bonds. The van der Waals surface area contributed by atoms with Crippen molar-refractivity contribution in [3.8, 4) is 11.5 Å². The lowest BCUT2D eigenvalue weighted by molar-refractivity contribution is 0.152. The Morgan fingerprint density at radius 1 is 1.30 bits per heavy atom. The van der Waals surface area contributed by atoms with E-state index in [9.17, 15) is 8.78 Å². The van der Waals surface area contributed by atoms with Crippen LogP contribution in [0.15, 0.2) is 23.2 Å². The summed E-state index contributed by atoms with van der Waals surface area (Å²) >= 11 is 0. The first-order chi connectivity index (χ1) is 9.06. The second kappa shape index (κ2) is 9.56. The highest BCUT2D eigenvalue weighted by Crippen LogP contribution is 2.27. The predicted octanol–water partition coefficient (Wildman–Crippen LogP) is 1.99. The van der Waals surface area contributed by atoms with Crippen LogP contribution in [0, 0.1) is 0 Å². The molecule has 0 aromatic heterocycles. The number of halogens is 3. The molecule has 1 aromatic rings. The third kappa shape index (κ3) is 6.22. The highest BCUT2D eigenvalue weighted by atomic mass is 127. The Balaban J connectivity index is 0.00000361. The lowest BCUT2D eigenvalue weighted by Gasteiger charge is -2.09. The van der Waals surface area contributed by atoms with Gasteiger partial charge in [0, 0.05) is 0 Å². The van der Waals surface area contributed by atoms with Crippen molar-refractivity contribution in [2.75, 3.05) is 20.8 Å². The Kier molecular flexibility index (Phi) is 8.93. The number of nitrogens with zero attached hydrogens (tertiary/aromatic N) is 1. The van der Waals surface area contributed by atoms with Crippen LogP contribution in [-0.2, 0) is 6.54 Å². The zero-order chi connectivity index (χ0) is 14.3. The summed E-state index contributed by atoms with van der Waals surface area (Å²) in [7, 11) is 3.07. The molecule has 1 aromatic carbocycles. The number of methoxy groups -OCH3 is 2. The van der Waals surface area contributed by atoms with Gasteiger partial charge in [0.05, 0.1) is 27.3 Å². The molecule has 0 saturated heterocycles. The zero-order valence-electron chi connectivity index (χ0n) is 11.2. The maximum absolute atomic E-state index is 11.9. The highest BCUT2D eigenvalue weighted by molar-refractivity contribution is 14.0. The molecule has 0 aliphatic rings. The van der Waals surface area contributed by atoms with E-state index in [0.29, 0.717) is 11.5 Å². The molecule has 0 unspecified atom stereocenters. The van der Waals surface area contributed by atoms with Gasteiger partial charge in [-0.05, 0) is 17.7 Å². The van der Waals surface area contributed by atoms with E-state index in [2.05, 4.69) is 10.3 Å². The topological polar surface area (TPSA) is 68.9 Å². The molecule has 3 N–H and O–H groups in total. The van der Waals surface area contributed by atoms with Gasteiger partial charge in [-0.25, -0.2) is 13.8 Å². The molecule has 20 heavy (non-hydrogen) atoms. The van der Waals surface area contributed by atoms with Gasteiger partial charge in [0.2, 0.25) is 0 Å². The minimum absolute atomic E-state index is 0. The molecule has 114 valence electrons. The average molecular weight is 401 g/mol. The maximum atomic E-state index is 11.9. The van der Waals surface area contributed by atoms with Crippen molar-refractivity contribution >= 4 is 29.9 Å². The molecule has 0 atom stereocenters. The van der Waals surface area contributed by atoms with Crippen molar-refractivity contribution < 1.29 is 18.3 Å². The van der Waals surface area contributed by atoms with Gasteiger partial charge >= 0.3 is 0 Å². The number of nitrogens with two attached hydrogens (primary N) is 1. The molecule has 1 rings (SSSR count). The van der Waals surface area contributed by atoms with Crippen LogP contribution in [0.3, 0.4) is 0 Å². The van der Waals surface area contributed by atoms with Gasteiger partial charge in [0.25, 0.3) is 6.43 Å². The first kappa shape index (κ1) is 18.7. The molecule has 0 heterocycles. The monoisotopic (exact) mass is 401 g/mol. The van der Waals surface area contributed by atoms with Crippen LogP contribution in [0.5, 0.6) is 11.5 Å². The third-order valence-electron chi connectivity index (χ3n) is 2.32. The Morgan fingerprint density at radius 2 is 1.95 bits per heavy atom. The van der Waals surface area contributed by atoms with E-state index in [1.807, 2.05) is 0 Å². The number of aliphatic imine (C=N–C) groups is 1. The fourth-order valence-electron chi connectivity index (χ4n) is 1.39. The van der Waals surface area contributed by atoms with E-state index in [1.54, 1.807) is 25.3 Å². The molecule has 8 heteroatoms. The predicted molar refractivity (Wildman–Crippen MR) is 84.3 cm³/mol. The van der Waals surface area contributed by atoms with Crippen LogP contribution in [0.4, 0.5) is 8.78 Å². The van der Waals surface area contributed by atoms with Crippen LogP contribution >= 0.6 is 24.0 Å². The van der Waals surface area contributed by atoms with Crippen LogP contribution < -0.4 is 20.5 Å². The fourth-order valence-corrected chi connectivity index (χ4v) is 1.39. The van der Waals surface area contributed by atoms with Gasteiger partial charge in [0.1, 0.15) is 0 Å². The van der Waals surface area contributed by atoms with Gasteiger partial charge in [0.15, 0.2) is 17.5 Å². The Hall–Kier alpha value is -1.32. The van der Waals surface area contributed by atoms with Gasteiger partial charge < -0.3 is 20.5 Å². The molecule has 0 spiro atoms. The van der Waals surface area contributed by atoms with Gasteiger partial charge in [-0.2, -0.15) is 0 Å². The zero-order valence-corrected chi connectivity index (χ0v) is 13.6. The smallest absolute Gasteiger partial charge is 0.255 e. The third-order valence-corrected chi connectivity index (χ3v) is 2.32. The first-order valence-electron chi connectivity index (χ1n) is 5.59. The van der Waals surface area contributed by atoms with Crippen molar-refractivity contribution in [1.29, 1.82) is 0 Å². The number of hydrogen-bond acceptors (Lipinski definition) is 3. The Labute approximate surface area is 133 Å². The minimum Gasteiger partial charge on any atom is -0.493 e. The number of benzene rings is 1. The maximum Gasteiger partial charge on any atom is 0.255 e. The number of alkyl halides is 2. The summed E-state index contributed by atoms with van der Waals surface area (Å²) in [5, 5.41) is 2.33. The summed E-state index contributed by atoms with van der Waals surface area (Å²) in [4.78, 5) is 3.95. The van der Waals surface area contributed by atoms with Crippen LogP contribution in [0.2, 0.25) is 0 Å². The Bertz CT molecular complexity index is 445. The molecular weight excluding hydrogens is 383 g/mol. The summed E-state index contributed by atoms with van der Waals surface area (Å²) in [5.74, 6) is 1.17. The second-order valence-electron chi connectivity index (χ2n) is 3.66. The molecule has 0 bridgehead atoms. The molecule has 0 saturated carbocycles. The molecule has 0 radical (unpaired) electrons. The first-order valence-corrected chi connectivity index (χ1v) is 5.59. The Morgan fingerprint density at radius 3 is 2.50 bits per heavy atom. The SMILES string of the molecule is COc1ccc(CN=C(N)NCC(F)F)cc1OC.I. The van der Waals surface area contributed by atoms with Crippen molar-refractivity contribution in [2.45, 2.75) is 13.0 Å². The van der Waals surface area contributed by atoms with Crippen molar-refractivity contribution in [2.24, 2.45) is 10.7 Å². The van der Waals surface area contributed by atoms with Gasteiger partial charge in [-0.1, -0.05) is 6.07 Å². The van der Waals surface area contributed by atoms with E-state index in [4.69, 9.17) is 15.2 Å². The number of guanidine groups is 1. The van der Waals surface area contributed by atoms with Gasteiger partial charge in [-0.15, -0.1) is 24.0 Å². The van der Waals surface area contributed by atoms with E-state index in [0.717, 1.165) is 5.56 Å². The molecule has 0 aliphatic carbocycles. The molecular formula is C12H18F2IN3O2. The van der Waals surface area contributed by atoms with Crippen molar-refractivity contribution in [3.63, 3.8) is 0 Å². The summed E-state index contributed by atoms with van der Waals surface area (Å²) in [6.07, 6.45) is -2.46. The fraction of sp³-hybridized carbons (Fsp3) is 0.417. The number of hydrogen-bond donors (Lipinski definition) is 2. The molecule has 5 nitrogen and oxygen atoms in total. The highest BCUT2D eigenvalue weighted by Gasteiger charge is 2.05. The van der Waals surface area contributed by atoms with Gasteiger partial charge in [-0.3, -0.25) is 0 Å². The van der Waals surface area contributed by atoms with E-state index in [1.165, 1.54) is 7.11 Å². The van der Waals surface area contributed by atoms with Crippen molar-refractivity contribution in [3.05, 3.63) is 23.8 Å². The minimum atomic E-state index is -2.46. The van der Waals surface area contributed by atoms with E-state index >= 15 is 0 Å². The number of ether oxygens (including phenoxy) is 2. The quantitative estimate of drug-likeness (QED) is 0.435.